The molecule has 2 rings (SSSR count). The predicted octanol–water partition coefficient (Wildman–Crippen LogP) is 2.62. The summed E-state index contributed by atoms with van der Waals surface area (Å²) in [6, 6.07) is 10.4. The van der Waals surface area contributed by atoms with Crippen LogP contribution >= 0.6 is 0 Å². The normalized spacial score (nSPS) is 13.4. The van der Waals surface area contributed by atoms with Gasteiger partial charge in [0.1, 0.15) is 11.0 Å². The van der Waals surface area contributed by atoms with Gasteiger partial charge in [0.2, 0.25) is 5.76 Å². The molecular weight excluding hydrogens is 332 g/mol. The van der Waals surface area contributed by atoms with Gasteiger partial charge in [0.25, 0.3) is 0 Å². The lowest BCUT2D eigenvalue weighted by molar-refractivity contribution is -0.136. The van der Waals surface area contributed by atoms with Crippen LogP contribution in [-0.2, 0) is 27.8 Å². The van der Waals surface area contributed by atoms with Gasteiger partial charge in [-0.15, -0.1) is 0 Å². The molecule has 7 heteroatoms. The molecule has 2 atom stereocenters. The van der Waals surface area contributed by atoms with Crippen LogP contribution in [0.2, 0.25) is 0 Å². The minimum absolute atomic E-state index is 0.127. The Morgan fingerprint density at radius 2 is 1.79 bits per heavy atom. The number of furan rings is 1. The number of carboxylic acid groups (broad SMARTS) is 2. The van der Waals surface area contributed by atoms with E-state index in [2.05, 4.69) is 0 Å². The number of hydrogen-bond acceptors (Lipinski definition) is 4. The molecule has 0 aliphatic rings. The molecule has 2 unspecified atom stereocenters. The average Bonchev–Trinajstić information content (AvgIpc) is 2.97. The van der Waals surface area contributed by atoms with Gasteiger partial charge in [0.05, 0.1) is 5.75 Å². The average molecular weight is 350 g/mol. The van der Waals surface area contributed by atoms with Gasteiger partial charge in [-0.3, -0.25) is 9.00 Å². The summed E-state index contributed by atoms with van der Waals surface area (Å²) in [5.74, 6) is -2.54. The van der Waals surface area contributed by atoms with Crippen LogP contribution in [0.4, 0.5) is 0 Å². The molecule has 0 saturated carbocycles. The fourth-order valence-corrected chi connectivity index (χ4v) is 3.47. The zero-order valence-corrected chi connectivity index (χ0v) is 13.9. The summed E-state index contributed by atoms with van der Waals surface area (Å²) >= 11 is 0. The highest BCUT2D eigenvalue weighted by Crippen LogP contribution is 2.16. The highest BCUT2D eigenvalue weighted by atomic mass is 32.2. The molecule has 0 aliphatic carbocycles. The molecular formula is C17H18O6S. The van der Waals surface area contributed by atoms with E-state index >= 15 is 0 Å². The van der Waals surface area contributed by atoms with Gasteiger partial charge >= 0.3 is 11.9 Å². The van der Waals surface area contributed by atoms with E-state index < -0.39 is 28.0 Å². The van der Waals surface area contributed by atoms with Crippen molar-refractivity contribution >= 4 is 22.7 Å². The number of benzene rings is 1. The number of carbonyl (C=O) groups is 2. The number of hydrogen-bond donors (Lipinski definition) is 2. The van der Waals surface area contributed by atoms with Crippen LogP contribution in [0.3, 0.4) is 0 Å². The Kier molecular flexibility index (Phi) is 5.92. The van der Waals surface area contributed by atoms with Gasteiger partial charge < -0.3 is 14.6 Å². The largest absolute Gasteiger partial charge is 0.480 e. The smallest absolute Gasteiger partial charge is 0.371 e. The van der Waals surface area contributed by atoms with Gasteiger partial charge in [-0.05, 0) is 37.5 Å². The maximum absolute atomic E-state index is 12.3. The second-order valence-corrected chi connectivity index (χ2v) is 7.07. The molecule has 24 heavy (non-hydrogen) atoms. The first-order chi connectivity index (χ1) is 11.4. The van der Waals surface area contributed by atoms with Gasteiger partial charge in [-0.1, -0.05) is 29.8 Å². The summed E-state index contributed by atoms with van der Waals surface area (Å²) in [6.07, 6.45) is 0.735. The van der Waals surface area contributed by atoms with Crippen LogP contribution in [0.25, 0.3) is 0 Å². The van der Waals surface area contributed by atoms with Crippen molar-refractivity contribution < 1.29 is 28.4 Å². The Labute approximate surface area is 141 Å². The maximum Gasteiger partial charge on any atom is 0.371 e. The highest BCUT2D eigenvalue weighted by molar-refractivity contribution is 7.85. The molecule has 1 aromatic carbocycles. The Balaban J connectivity index is 2.00. The first-order valence-electron chi connectivity index (χ1n) is 7.34. The summed E-state index contributed by atoms with van der Waals surface area (Å²) in [4.78, 5) is 22.2. The van der Waals surface area contributed by atoms with Crippen LogP contribution < -0.4 is 0 Å². The van der Waals surface area contributed by atoms with E-state index in [4.69, 9.17) is 9.52 Å². The van der Waals surface area contributed by atoms with Gasteiger partial charge in [0, 0.05) is 10.8 Å². The number of aromatic carboxylic acids is 1. The van der Waals surface area contributed by atoms with E-state index in [1.54, 1.807) is 0 Å². The molecule has 0 amide bonds. The van der Waals surface area contributed by atoms with E-state index in [9.17, 15) is 18.9 Å². The number of aryl methyl sites for hydroxylation is 2. The van der Waals surface area contributed by atoms with Crippen LogP contribution in [0, 0.1) is 6.92 Å². The lowest BCUT2D eigenvalue weighted by Gasteiger charge is -2.11. The third-order valence-electron chi connectivity index (χ3n) is 3.57. The molecule has 0 aliphatic heterocycles. The molecule has 0 bridgehead atoms. The molecule has 128 valence electrons. The topological polar surface area (TPSA) is 105 Å². The summed E-state index contributed by atoms with van der Waals surface area (Å²) in [7, 11) is -1.70. The minimum atomic E-state index is -1.70. The second-order valence-electron chi connectivity index (χ2n) is 5.45. The maximum atomic E-state index is 12.3. The van der Waals surface area contributed by atoms with Crippen LogP contribution in [0.5, 0.6) is 0 Å². The number of aliphatic carboxylic acids is 1. The highest BCUT2D eigenvalue weighted by Gasteiger charge is 2.25. The van der Waals surface area contributed by atoms with Crippen molar-refractivity contribution in [1.29, 1.82) is 0 Å². The lowest BCUT2D eigenvalue weighted by atomic mass is 10.1. The summed E-state index contributed by atoms with van der Waals surface area (Å²) in [6.45, 7) is 1.97. The zero-order valence-electron chi connectivity index (χ0n) is 13.1. The second kappa shape index (κ2) is 7.92. The predicted molar refractivity (Wildman–Crippen MR) is 88.4 cm³/mol. The summed E-state index contributed by atoms with van der Waals surface area (Å²) in [5.41, 5.74) is 2.10. The van der Waals surface area contributed by atoms with Crippen molar-refractivity contribution in [2.75, 3.05) is 0 Å². The minimum Gasteiger partial charge on any atom is -0.480 e. The van der Waals surface area contributed by atoms with Gasteiger partial charge in [0.15, 0.2) is 0 Å². The van der Waals surface area contributed by atoms with Crippen molar-refractivity contribution in [3.05, 3.63) is 59.0 Å². The number of carboxylic acids is 2. The van der Waals surface area contributed by atoms with Crippen molar-refractivity contribution in [2.45, 2.75) is 30.8 Å². The first kappa shape index (κ1) is 17.9. The molecule has 2 aromatic rings. The molecule has 1 heterocycles. The standard InChI is InChI=1S/C17H18O6S/c1-11-2-4-12(5-3-11)6-9-15(17(20)21)24(22)10-13-7-8-14(23-13)16(18)19/h2-5,7-8,15H,6,9-10H2,1H3,(H,18,19)(H,20,21). The Bertz CT molecular complexity index is 747. The zero-order chi connectivity index (χ0) is 17.7. The fourth-order valence-electron chi connectivity index (χ4n) is 2.23. The summed E-state index contributed by atoms with van der Waals surface area (Å²) < 4.78 is 17.4. The van der Waals surface area contributed by atoms with Crippen molar-refractivity contribution in [3.8, 4) is 0 Å². The molecule has 2 N–H and O–H groups in total. The van der Waals surface area contributed by atoms with E-state index in [1.807, 2.05) is 31.2 Å². The lowest BCUT2D eigenvalue weighted by Crippen LogP contribution is -2.27. The van der Waals surface area contributed by atoms with Crippen molar-refractivity contribution in [1.82, 2.24) is 0 Å². The molecule has 6 nitrogen and oxygen atoms in total. The molecule has 0 saturated heterocycles. The van der Waals surface area contributed by atoms with Crippen molar-refractivity contribution in [3.63, 3.8) is 0 Å². The van der Waals surface area contributed by atoms with Crippen LogP contribution in [-0.4, -0.2) is 31.6 Å². The van der Waals surface area contributed by atoms with Crippen LogP contribution in [0.1, 0.15) is 33.9 Å². The Morgan fingerprint density at radius 1 is 1.12 bits per heavy atom. The Hall–Kier alpha value is -2.41. The number of rotatable bonds is 8. The van der Waals surface area contributed by atoms with E-state index in [0.29, 0.717) is 6.42 Å². The molecule has 0 spiro atoms. The fraction of sp³-hybridized carbons (Fsp3) is 0.294. The van der Waals surface area contributed by atoms with Crippen LogP contribution in [0.15, 0.2) is 40.8 Å². The van der Waals surface area contributed by atoms with Gasteiger partial charge in [-0.25, -0.2) is 4.79 Å². The molecule has 0 fully saturated rings. The summed E-state index contributed by atoms with van der Waals surface area (Å²) in [5, 5.41) is 17.1. The van der Waals surface area contributed by atoms with E-state index in [0.717, 1.165) is 11.1 Å². The monoisotopic (exact) mass is 350 g/mol. The van der Waals surface area contributed by atoms with E-state index in [1.165, 1.54) is 12.1 Å². The van der Waals surface area contributed by atoms with Gasteiger partial charge in [-0.2, -0.15) is 0 Å². The SMILES string of the molecule is Cc1ccc(CCC(C(=O)O)S(=O)Cc2ccc(C(=O)O)o2)cc1. The van der Waals surface area contributed by atoms with E-state index in [-0.39, 0.29) is 23.7 Å². The van der Waals surface area contributed by atoms with Crippen molar-refractivity contribution in [2.24, 2.45) is 0 Å². The molecule has 1 aromatic heterocycles. The Morgan fingerprint density at radius 3 is 2.33 bits per heavy atom. The first-order valence-corrected chi connectivity index (χ1v) is 8.72. The molecule has 0 radical (unpaired) electrons. The quantitative estimate of drug-likeness (QED) is 0.758. The third kappa shape index (κ3) is 4.79. The third-order valence-corrected chi connectivity index (χ3v) is 5.21.